The smallest absolute Gasteiger partial charge is 0.266 e. The zero-order chi connectivity index (χ0) is 13.2. The fourth-order valence-electron chi connectivity index (χ4n) is 1.56. The monoisotopic (exact) mass is 263 g/mol. The van der Waals surface area contributed by atoms with Crippen LogP contribution >= 0.6 is 0 Å². The van der Waals surface area contributed by atoms with Crippen LogP contribution in [0, 0.1) is 0 Å². The molecule has 1 aromatic carbocycles. The number of hydrogen-bond acceptors (Lipinski definition) is 4. The molecule has 2 N–H and O–H groups in total. The number of pyridine rings is 1. The molecule has 0 unspecified atom stereocenters. The van der Waals surface area contributed by atoms with Gasteiger partial charge in [-0.1, -0.05) is 12.1 Å². The van der Waals surface area contributed by atoms with Crippen LogP contribution in [0.5, 0.6) is 0 Å². The van der Waals surface area contributed by atoms with Gasteiger partial charge in [0.1, 0.15) is 4.90 Å². The first kappa shape index (κ1) is 12.4. The number of nitrogen functional groups attached to an aromatic ring is 1. The van der Waals surface area contributed by atoms with E-state index in [-0.39, 0.29) is 10.6 Å². The van der Waals surface area contributed by atoms with Crippen LogP contribution in [0.25, 0.3) is 0 Å². The Bertz CT molecular complexity index is 641. The number of para-hydroxylation sites is 1. The van der Waals surface area contributed by atoms with Crippen LogP contribution in [-0.2, 0) is 10.0 Å². The molecular formula is C12H13N3O2S. The summed E-state index contributed by atoms with van der Waals surface area (Å²) in [6, 6.07) is 9.63. The van der Waals surface area contributed by atoms with E-state index in [4.69, 9.17) is 5.73 Å². The number of benzene rings is 1. The second-order valence-corrected chi connectivity index (χ2v) is 5.65. The van der Waals surface area contributed by atoms with E-state index < -0.39 is 10.0 Å². The third-order valence-corrected chi connectivity index (χ3v) is 4.44. The Labute approximate surface area is 106 Å². The van der Waals surface area contributed by atoms with Gasteiger partial charge in [-0.2, -0.15) is 0 Å². The molecule has 0 saturated carbocycles. The Kier molecular flexibility index (Phi) is 3.20. The lowest BCUT2D eigenvalue weighted by molar-refractivity contribution is 0.595. The second-order valence-electron chi connectivity index (χ2n) is 3.72. The predicted octanol–water partition coefficient (Wildman–Crippen LogP) is 1.49. The standard InChI is InChI=1S/C12H13N3O2S/c1-15(10-6-8-14-9-7-10)18(16,17)12-5-3-2-4-11(12)13/h2-9H,13H2,1H3. The molecule has 6 heteroatoms. The van der Waals surface area contributed by atoms with Crippen molar-refractivity contribution in [3.63, 3.8) is 0 Å². The molecule has 2 aromatic rings. The second kappa shape index (κ2) is 4.66. The van der Waals surface area contributed by atoms with Crippen LogP contribution in [-0.4, -0.2) is 20.4 Å². The lowest BCUT2D eigenvalue weighted by atomic mass is 10.3. The van der Waals surface area contributed by atoms with Gasteiger partial charge in [-0.3, -0.25) is 9.29 Å². The third kappa shape index (κ3) is 2.14. The van der Waals surface area contributed by atoms with Gasteiger partial charge in [-0.15, -0.1) is 0 Å². The van der Waals surface area contributed by atoms with Crippen molar-refractivity contribution in [2.75, 3.05) is 17.1 Å². The number of rotatable bonds is 3. The largest absolute Gasteiger partial charge is 0.398 e. The van der Waals surface area contributed by atoms with Gasteiger partial charge < -0.3 is 5.73 Å². The average molecular weight is 263 g/mol. The van der Waals surface area contributed by atoms with Gasteiger partial charge in [0, 0.05) is 19.4 Å². The van der Waals surface area contributed by atoms with Crippen LogP contribution in [0.2, 0.25) is 0 Å². The van der Waals surface area contributed by atoms with E-state index in [2.05, 4.69) is 4.98 Å². The third-order valence-electron chi connectivity index (χ3n) is 2.58. The molecule has 0 radical (unpaired) electrons. The van der Waals surface area contributed by atoms with E-state index >= 15 is 0 Å². The van der Waals surface area contributed by atoms with Crippen molar-refractivity contribution in [1.29, 1.82) is 0 Å². The molecule has 0 aliphatic heterocycles. The SMILES string of the molecule is CN(c1ccncc1)S(=O)(=O)c1ccccc1N. The van der Waals surface area contributed by atoms with Gasteiger partial charge in [0.05, 0.1) is 11.4 Å². The van der Waals surface area contributed by atoms with E-state index in [1.807, 2.05) is 0 Å². The molecule has 1 aromatic heterocycles. The highest BCUT2D eigenvalue weighted by atomic mass is 32.2. The number of nitrogens with two attached hydrogens (primary N) is 1. The van der Waals surface area contributed by atoms with Crippen molar-refractivity contribution in [2.24, 2.45) is 0 Å². The van der Waals surface area contributed by atoms with Crippen LogP contribution in [0.4, 0.5) is 11.4 Å². The summed E-state index contributed by atoms with van der Waals surface area (Å²) in [7, 11) is -2.16. The number of sulfonamides is 1. The molecule has 0 bridgehead atoms. The minimum Gasteiger partial charge on any atom is -0.398 e. The summed E-state index contributed by atoms with van der Waals surface area (Å²) < 4.78 is 25.9. The molecule has 18 heavy (non-hydrogen) atoms. The highest BCUT2D eigenvalue weighted by molar-refractivity contribution is 7.93. The molecule has 2 rings (SSSR count). The van der Waals surface area contributed by atoms with Gasteiger partial charge >= 0.3 is 0 Å². The lowest BCUT2D eigenvalue weighted by Crippen LogP contribution is -2.27. The van der Waals surface area contributed by atoms with Crippen molar-refractivity contribution < 1.29 is 8.42 Å². The Hall–Kier alpha value is -2.08. The normalized spacial score (nSPS) is 11.2. The molecule has 0 aliphatic rings. The molecule has 0 saturated heterocycles. The first-order valence-corrected chi connectivity index (χ1v) is 6.71. The summed E-state index contributed by atoms with van der Waals surface area (Å²) in [6.45, 7) is 0. The molecular weight excluding hydrogens is 250 g/mol. The Balaban J connectivity index is 2.48. The molecule has 0 aliphatic carbocycles. The maximum atomic E-state index is 12.4. The first-order chi connectivity index (χ1) is 8.53. The number of aromatic nitrogens is 1. The molecule has 94 valence electrons. The molecule has 1 heterocycles. The van der Waals surface area contributed by atoms with E-state index in [0.717, 1.165) is 0 Å². The van der Waals surface area contributed by atoms with Gasteiger partial charge in [-0.25, -0.2) is 8.42 Å². The van der Waals surface area contributed by atoms with Crippen LogP contribution in [0.3, 0.4) is 0 Å². The quantitative estimate of drug-likeness (QED) is 0.851. The minimum absolute atomic E-state index is 0.101. The first-order valence-electron chi connectivity index (χ1n) is 5.27. The summed E-state index contributed by atoms with van der Waals surface area (Å²) in [5.41, 5.74) is 6.47. The summed E-state index contributed by atoms with van der Waals surface area (Å²) in [5, 5.41) is 0. The van der Waals surface area contributed by atoms with Crippen molar-refractivity contribution in [3.8, 4) is 0 Å². The van der Waals surface area contributed by atoms with Crippen LogP contribution < -0.4 is 10.0 Å². The van der Waals surface area contributed by atoms with Gasteiger partial charge in [0.2, 0.25) is 0 Å². The van der Waals surface area contributed by atoms with Gasteiger partial charge in [-0.05, 0) is 24.3 Å². The van der Waals surface area contributed by atoms with Gasteiger partial charge in [0.15, 0.2) is 0 Å². The van der Waals surface area contributed by atoms with Crippen LogP contribution in [0.1, 0.15) is 0 Å². The van der Waals surface area contributed by atoms with E-state index in [0.29, 0.717) is 5.69 Å². The highest BCUT2D eigenvalue weighted by Gasteiger charge is 2.23. The molecule has 0 spiro atoms. The fourth-order valence-corrected chi connectivity index (χ4v) is 2.87. The summed E-state index contributed by atoms with van der Waals surface area (Å²) in [4.78, 5) is 3.96. The molecule has 0 amide bonds. The zero-order valence-electron chi connectivity index (χ0n) is 9.82. The van der Waals surface area contributed by atoms with Crippen molar-refractivity contribution in [1.82, 2.24) is 4.98 Å². The van der Waals surface area contributed by atoms with Crippen molar-refractivity contribution in [3.05, 3.63) is 48.8 Å². The van der Waals surface area contributed by atoms with Crippen molar-refractivity contribution >= 4 is 21.4 Å². The van der Waals surface area contributed by atoms with E-state index in [1.165, 1.54) is 29.8 Å². The maximum absolute atomic E-state index is 12.4. The molecule has 5 nitrogen and oxygen atoms in total. The topological polar surface area (TPSA) is 76.3 Å². The number of nitrogens with zero attached hydrogens (tertiary/aromatic N) is 2. The highest BCUT2D eigenvalue weighted by Crippen LogP contribution is 2.24. The van der Waals surface area contributed by atoms with Gasteiger partial charge in [0.25, 0.3) is 10.0 Å². The summed E-state index contributed by atoms with van der Waals surface area (Å²) in [5.74, 6) is 0. The molecule has 0 fully saturated rings. The summed E-state index contributed by atoms with van der Waals surface area (Å²) in [6.07, 6.45) is 3.07. The average Bonchev–Trinajstić information content (AvgIpc) is 2.39. The minimum atomic E-state index is -3.64. The molecule has 0 atom stereocenters. The maximum Gasteiger partial charge on any atom is 0.266 e. The van der Waals surface area contributed by atoms with E-state index in [9.17, 15) is 8.42 Å². The Morgan fingerprint density at radius 1 is 1.11 bits per heavy atom. The Morgan fingerprint density at radius 3 is 2.33 bits per heavy atom. The van der Waals surface area contributed by atoms with E-state index in [1.54, 1.807) is 30.3 Å². The fraction of sp³-hybridized carbons (Fsp3) is 0.0833. The number of anilines is 2. The predicted molar refractivity (Wildman–Crippen MR) is 70.7 cm³/mol. The van der Waals surface area contributed by atoms with Crippen LogP contribution in [0.15, 0.2) is 53.7 Å². The zero-order valence-corrected chi connectivity index (χ0v) is 10.6. The summed E-state index contributed by atoms with van der Waals surface area (Å²) >= 11 is 0. The lowest BCUT2D eigenvalue weighted by Gasteiger charge is -2.20. The Morgan fingerprint density at radius 2 is 1.72 bits per heavy atom. The van der Waals surface area contributed by atoms with Crippen molar-refractivity contribution in [2.45, 2.75) is 4.90 Å². The number of hydrogen-bond donors (Lipinski definition) is 1.